The molecule has 2 aromatic carbocycles. The Morgan fingerprint density at radius 1 is 0.897 bits per heavy atom. The van der Waals surface area contributed by atoms with Crippen molar-refractivity contribution in [3.8, 4) is 17.3 Å². The van der Waals surface area contributed by atoms with Crippen molar-refractivity contribution in [2.45, 2.75) is 22.8 Å². The second-order valence-corrected chi connectivity index (χ2v) is 9.21. The molecule has 0 N–H and O–H groups in total. The number of ether oxygens (including phenoxy) is 1. The van der Waals surface area contributed by atoms with E-state index in [4.69, 9.17) is 4.74 Å². The summed E-state index contributed by atoms with van der Waals surface area (Å²) in [5.41, 5.74) is -13.3. The Labute approximate surface area is 208 Å². The molecule has 10 nitrogen and oxygen atoms in total. The minimum atomic E-state index is -6.09. The summed E-state index contributed by atoms with van der Waals surface area (Å²) in [4.78, 5) is 19.6. The summed E-state index contributed by atoms with van der Waals surface area (Å²) < 4.78 is 146. The maximum absolute atomic E-state index is 13.3. The number of rotatable bonds is 6. The molecule has 3 aromatic rings. The van der Waals surface area contributed by atoms with E-state index in [1.54, 1.807) is 0 Å². The van der Waals surface area contributed by atoms with Crippen LogP contribution in [-0.2, 0) is 22.2 Å². The van der Waals surface area contributed by atoms with Gasteiger partial charge < -0.3 is 14.6 Å². The lowest BCUT2D eigenvalue weighted by Crippen LogP contribution is -2.23. The molecule has 0 aliphatic heterocycles. The normalized spacial score (nSPS) is 12.8. The molecule has 0 saturated carbocycles. The van der Waals surface area contributed by atoms with Gasteiger partial charge in [0.1, 0.15) is 5.69 Å². The van der Waals surface area contributed by atoms with Crippen molar-refractivity contribution >= 4 is 21.5 Å². The Balaban J connectivity index is 2.24. The lowest BCUT2D eigenvalue weighted by atomic mass is 10.1. The van der Waals surface area contributed by atoms with Gasteiger partial charge in [-0.3, -0.25) is 10.1 Å². The Morgan fingerprint density at radius 3 is 1.87 bits per heavy atom. The number of halogens is 9. The highest BCUT2D eigenvalue weighted by molar-refractivity contribution is 7.92. The molecule has 39 heavy (non-hydrogen) atoms. The van der Waals surface area contributed by atoms with Crippen molar-refractivity contribution in [2.24, 2.45) is 0 Å². The van der Waals surface area contributed by atoms with Gasteiger partial charge in [-0.1, -0.05) is 0 Å². The number of nitrogens with zero attached hydrogens (tertiary/aromatic N) is 3. The smallest absolute Gasteiger partial charge is 0.501 e. The number of hydrogen-bond acceptors (Lipinski definition) is 8. The van der Waals surface area contributed by atoms with E-state index in [1.165, 1.54) is 0 Å². The average Bonchev–Trinajstić information content (AvgIpc) is 3.21. The van der Waals surface area contributed by atoms with Crippen LogP contribution in [-0.4, -0.2) is 34.6 Å². The summed E-state index contributed by atoms with van der Waals surface area (Å²) in [6.07, 6.45) is -10.7. The van der Waals surface area contributed by atoms with Crippen LogP contribution in [0.25, 0.3) is 5.69 Å². The number of carboxylic acid groups (broad SMARTS) is 1. The summed E-state index contributed by atoms with van der Waals surface area (Å²) in [7, 11) is -6.09. The highest BCUT2D eigenvalue weighted by Gasteiger charge is 2.47. The number of carbonyl (C=O) groups excluding carboxylic acids is 1. The maximum Gasteiger partial charge on any atom is 0.501 e. The number of nitro benzene ring substituents is 1. The third-order valence-electron chi connectivity index (χ3n) is 4.66. The fourth-order valence-corrected chi connectivity index (χ4v) is 3.70. The van der Waals surface area contributed by atoms with Crippen LogP contribution in [0.15, 0.2) is 47.4 Å². The van der Waals surface area contributed by atoms with Crippen LogP contribution in [0.5, 0.6) is 11.6 Å². The van der Waals surface area contributed by atoms with Gasteiger partial charge in [-0.05, 0) is 30.3 Å². The lowest BCUT2D eigenvalue weighted by molar-refractivity contribution is -0.385. The van der Waals surface area contributed by atoms with Crippen LogP contribution >= 0.6 is 0 Å². The number of aromatic carboxylic acids is 1. The van der Waals surface area contributed by atoms with Gasteiger partial charge in [0.2, 0.25) is 11.6 Å². The van der Waals surface area contributed by atoms with E-state index < -0.39 is 83.3 Å². The zero-order chi connectivity index (χ0) is 29.7. The number of sulfone groups is 1. The van der Waals surface area contributed by atoms with Crippen LogP contribution in [0.3, 0.4) is 0 Å². The van der Waals surface area contributed by atoms with Crippen molar-refractivity contribution in [3.63, 3.8) is 0 Å². The van der Waals surface area contributed by atoms with E-state index in [9.17, 15) is 67.9 Å². The largest absolute Gasteiger partial charge is 0.543 e. The van der Waals surface area contributed by atoms with Crippen LogP contribution in [0.4, 0.5) is 45.2 Å². The Kier molecular flexibility index (Phi) is 7.06. The van der Waals surface area contributed by atoms with Crippen molar-refractivity contribution in [1.29, 1.82) is 0 Å². The fraction of sp³-hybridized carbons (Fsp3) is 0.158. The van der Waals surface area contributed by atoms with Gasteiger partial charge in [0, 0.05) is 12.1 Å². The molecule has 20 heteroatoms. The number of carbonyl (C=O) groups is 1. The first-order valence-electron chi connectivity index (χ1n) is 9.52. The van der Waals surface area contributed by atoms with Crippen molar-refractivity contribution < 1.29 is 67.5 Å². The van der Waals surface area contributed by atoms with Crippen LogP contribution in [0, 0.1) is 10.1 Å². The Hall–Kier alpha value is -4.36. The van der Waals surface area contributed by atoms with Gasteiger partial charge in [0.25, 0.3) is 9.84 Å². The topological polar surface area (TPSA) is 144 Å². The SMILES string of the molecule is O=C([O-])c1cc(Oc2ccc(S(=O)(=O)C(F)(F)F)cc2[N+](=O)[O-])n(-c2cc(C(F)(F)F)cc(C(F)(F)F)c2)n1. The third-order valence-corrected chi connectivity index (χ3v) is 6.14. The molecule has 0 aliphatic rings. The number of hydrogen-bond donors (Lipinski definition) is 0. The van der Waals surface area contributed by atoms with Gasteiger partial charge in [-0.15, -0.1) is 0 Å². The highest BCUT2D eigenvalue weighted by Crippen LogP contribution is 2.40. The summed E-state index contributed by atoms with van der Waals surface area (Å²) in [5.74, 6) is -4.28. The molecule has 0 bridgehead atoms. The van der Waals surface area contributed by atoms with Gasteiger partial charge in [0.15, 0.2) is 0 Å². The number of carboxylic acids is 1. The molecule has 0 saturated heterocycles. The molecule has 0 unspecified atom stereocenters. The van der Waals surface area contributed by atoms with Gasteiger partial charge >= 0.3 is 23.5 Å². The van der Waals surface area contributed by atoms with E-state index in [2.05, 4.69) is 5.10 Å². The standard InChI is InChI=1S/C19H8F9N3O7S/c20-17(21,22)8-3-9(18(23,24)25)5-10(4-8)30-15(7-12(29-30)16(32)33)38-14-2-1-11(6-13(14)31(34)35)39(36,37)19(26,27)28/h1-7H,(H,32,33)/p-1. The number of aromatic nitrogens is 2. The first-order valence-corrected chi connectivity index (χ1v) is 11.0. The first-order chi connectivity index (χ1) is 17.6. The molecule has 0 fully saturated rings. The maximum atomic E-state index is 13.3. The molecule has 0 radical (unpaired) electrons. The molecule has 0 atom stereocenters. The second kappa shape index (κ2) is 9.43. The van der Waals surface area contributed by atoms with Gasteiger partial charge in [0.05, 0.1) is 32.6 Å². The zero-order valence-electron chi connectivity index (χ0n) is 18.1. The average molecular weight is 592 g/mol. The number of benzene rings is 2. The molecule has 0 amide bonds. The van der Waals surface area contributed by atoms with E-state index in [0.717, 1.165) is 0 Å². The van der Waals surface area contributed by atoms with Crippen LogP contribution in [0.2, 0.25) is 0 Å². The molecule has 210 valence electrons. The summed E-state index contributed by atoms with van der Waals surface area (Å²) in [5, 5.41) is 25.9. The third kappa shape index (κ3) is 5.89. The zero-order valence-corrected chi connectivity index (χ0v) is 18.9. The molecule has 3 rings (SSSR count). The lowest BCUT2D eigenvalue weighted by Gasteiger charge is -2.15. The molecule has 0 aliphatic carbocycles. The number of nitro groups is 1. The van der Waals surface area contributed by atoms with E-state index in [1.807, 2.05) is 0 Å². The first kappa shape index (κ1) is 29.2. The van der Waals surface area contributed by atoms with E-state index >= 15 is 0 Å². The minimum absolute atomic E-state index is 0.0692. The van der Waals surface area contributed by atoms with E-state index in [-0.39, 0.29) is 35.0 Å². The molecular formula is C19H7F9N3O7S-. The second-order valence-electron chi connectivity index (χ2n) is 7.27. The summed E-state index contributed by atoms with van der Waals surface area (Å²) in [6, 6.07) is 0.746. The quantitative estimate of drug-likeness (QED) is 0.235. The molecule has 0 spiro atoms. The summed E-state index contributed by atoms with van der Waals surface area (Å²) in [6.45, 7) is 0. The highest BCUT2D eigenvalue weighted by atomic mass is 32.2. The van der Waals surface area contributed by atoms with Crippen molar-refractivity contribution in [3.05, 3.63) is 69.4 Å². The van der Waals surface area contributed by atoms with Crippen LogP contribution in [0.1, 0.15) is 21.6 Å². The monoisotopic (exact) mass is 592 g/mol. The minimum Gasteiger partial charge on any atom is -0.543 e. The van der Waals surface area contributed by atoms with Crippen LogP contribution < -0.4 is 9.84 Å². The molecule has 1 aromatic heterocycles. The predicted octanol–water partition coefficient (Wildman–Crippen LogP) is 4.27. The van der Waals surface area contributed by atoms with Gasteiger partial charge in [-0.25, -0.2) is 13.1 Å². The predicted molar refractivity (Wildman–Crippen MR) is 104 cm³/mol. The summed E-state index contributed by atoms with van der Waals surface area (Å²) >= 11 is 0. The molecule has 1 heterocycles. The van der Waals surface area contributed by atoms with E-state index in [0.29, 0.717) is 12.1 Å². The fourth-order valence-electron chi connectivity index (χ4n) is 2.92. The molecular weight excluding hydrogens is 585 g/mol. The number of alkyl halides is 9. The Bertz CT molecular complexity index is 1540. The van der Waals surface area contributed by atoms with Crippen molar-refractivity contribution in [1.82, 2.24) is 9.78 Å². The van der Waals surface area contributed by atoms with Crippen molar-refractivity contribution in [2.75, 3.05) is 0 Å². The Morgan fingerprint density at radius 2 is 1.44 bits per heavy atom. The van der Waals surface area contributed by atoms with Gasteiger partial charge in [-0.2, -0.15) is 44.6 Å².